The predicted octanol–water partition coefficient (Wildman–Crippen LogP) is 2.37. The van der Waals surface area contributed by atoms with Crippen molar-refractivity contribution in [1.29, 1.82) is 0 Å². The number of aromatic nitrogens is 8. The quantitative estimate of drug-likeness (QED) is 0.380. The fourth-order valence-corrected chi connectivity index (χ4v) is 3.89. The van der Waals surface area contributed by atoms with Crippen LogP contribution in [-0.2, 0) is 0 Å². The van der Waals surface area contributed by atoms with Gasteiger partial charge in [-0.15, -0.1) is 0 Å². The third kappa shape index (κ3) is 3.92. The Bertz CT molecular complexity index is 1420. The molecule has 0 aliphatic heterocycles. The van der Waals surface area contributed by atoms with Gasteiger partial charge >= 0.3 is 11.1 Å². The van der Waals surface area contributed by atoms with Crippen molar-refractivity contribution in [2.45, 2.75) is 37.8 Å². The molecule has 4 heterocycles. The minimum atomic E-state index is -0.266. The summed E-state index contributed by atoms with van der Waals surface area (Å²) in [6.45, 7) is 0. The van der Waals surface area contributed by atoms with Gasteiger partial charge in [-0.05, 0) is 25.7 Å². The molecule has 14 heteroatoms. The van der Waals surface area contributed by atoms with E-state index >= 15 is 0 Å². The standard InChI is InChI=1S/2C10H9ClN4O2/c2*1-17-9-10(16)15(5-2-3-5)8-6(14-9)7(11)12-4-13-8/h2*4-5H,2-3H2,1H3. The molecule has 0 bridgehead atoms. The van der Waals surface area contributed by atoms with Gasteiger partial charge in [0, 0.05) is 12.1 Å². The maximum Gasteiger partial charge on any atom is 0.315 e. The van der Waals surface area contributed by atoms with Gasteiger partial charge in [-0.1, -0.05) is 23.2 Å². The lowest BCUT2D eigenvalue weighted by atomic mass is 10.4. The number of halogens is 2. The van der Waals surface area contributed by atoms with E-state index in [1.807, 2.05) is 0 Å². The van der Waals surface area contributed by atoms with E-state index in [0.717, 1.165) is 25.7 Å². The average molecular weight is 505 g/mol. The molecular weight excluding hydrogens is 487 g/mol. The molecule has 4 aromatic rings. The van der Waals surface area contributed by atoms with Crippen LogP contribution in [0.3, 0.4) is 0 Å². The molecule has 2 aliphatic carbocycles. The van der Waals surface area contributed by atoms with Gasteiger partial charge in [0.05, 0.1) is 14.2 Å². The summed E-state index contributed by atoms with van der Waals surface area (Å²) in [7, 11) is 2.81. The maximum absolute atomic E-state index is 12.1. The molecule has 6 rings (SSSR count). The Morgan fingerprint density at radius 2 is 1.12 bits per heavy atom. The van der Waals surface area contributed by atoms with Crippen molar-refractivity contribution >= 4 is 45.5 Å². The number of nitrogens with zero attached hydrogens (tertiary/aromatic N) is 8. The number of fused-ring (bicyclic) bond motifs is 2. The van der Waals surface area contributed by atoms with E-state index in [1.54, 1.807) is 9.13 Å². The van der Waals surface area contributed by atoms with Crippen LogP contribution in [0, 0.1) is 0 Å². The highest BCUT2D eigenvalue weighted by Crippen LogP contribution is 2.37. The van der Waals surface area contributed by atoms with Gasteiger partial charge in [-0.3, -0.25) is 18.7 Å². The molecule has 0 saturated heterocycles. The lowest BCUT2D eigenvalue weighted by Gasteiger charge is -2.09. The first-order valence-electron chi connectivity index (χ1n) is 10.4. The van der Waals surface area contributed by atoms with Gasteiger partial charge in [0.15, 0.2) is 21.6 Å². The van der Waals surface area contributed by atoms with Gasteiger partial charge < -0.3 is 9.47 Å². The van der Waals surface area contributed by atoms with Crippen LogP contribution in [0.2, 0.25) is 10.3 Å². The Balaban J connectivity index is 0.000000142. The molecule has 0 N–H and O–H groups in total. The second-order valence-electron chi connectivity index (χ2n) is 7.73. The van der Waals surface area contributed by atoms with Crippen molar-refractivity contribution < 1.29 is 9.47 Å². The molecule has 2 aliphatic rings. The van der Waals surface area contributed by atoms with Crippen LogP contribution < -0.4 is 20.6 Å². The SMILES string of the molecule is COc1nc2c(Cl)ncnc2n(C2CC2)c1=O.COc1nc2c(Cl)ncnc2n(C2CC2)c1=O. The molecule has 0 radical (unpaired) electrons. The van der Waals surface area contributed by atoms with Crippen LogP contribution >= 0.6 is 23.2 Å². The van der Waals surface area contributed by atoms with E-state index in [1.165, 1.54) is 26.9 Å². The summed E-state index contributed by atoms with van der Waals surface area (Å²) in [5, 5.41) is 0.449. The summed E-state index contributed by atoms with van der Waals surface area (Å²) < 4.78 is 13.1. The van der Waals surface area contributed by atoms with E-state index in [2.05, 4.69) is 29.9 Å². The minimum absolute atomic E-state index is 0.0288. The number of rotatable bonds is 4. The third-order valence-corrected chi connectivity index (χ3v) is 5.97. The molecule has 12 nitrogen and oxygen atoms in total. The van der Waals surface area contributed by atoms with E-state index in [-0.39, 0.29) is 45.3 Å². The van der Waals surface area contributed by atoms with E-state index < -0.39 is 0 Å². The molecule has 0 amide bonds. The average Bonchev–Trinajstić information content (AvgIpc) is 3.74. The van der Waals surface area contributed by atoms with Crippen molar-refractivity contribution in [2.24, 2.45) is 0 Å². The van der Waals surface area contributed by atoms with Gasteiger partial charge in [0.25, 0.3) is 11.8 Å². The maximum atomic E-state index is 12.1. The van der Waals surface area contributed by atoms with Crippen molar-refractivity contribution in [3.63, 3.8) is 0 Å². The summed E-state index contributed by atoms with van der Waals surface area (Å²) in [5.41, 5.74) is 1.21. The Morgan fingerprint density at radius 3 is 1.44 bits per heavy atom. The Kier molecular flexibility index (Phi) is 5.78. The topological polar surface area (TPSA) is 140 Å². The van der Waals surface area contributed by atoms with Crippen LogP contribution in [0.25, 0.3) is 22.3 Å². The minimum Gasteiger partial charge on any atom is -0.477 e. The molecule has 4 aromatic heterocycles. The van der Waals surface area contributed by atoms with Crippen LogP contribution in [0.1, 0.15) is 37.8 Å². The van der Waals surface area contributed by atoms with E-state index in [0.29, 0.717) is 22.3 Å². The predicted molar refractivity (Wildman–Crippen MR) is 123 cm³/mol. The third-order valence-electron chi connectivity index (χ3n) is 5.41. The van der Waals surface area contributed by atoms with Gasteiger partial charge in [-0.2, -0.15) is 0 Å². The smallest absolute Gasteiger partial charge is 0.315 e. The Labute approximate surface area is 201 Å². The largest absolute Gasteiger partial charge is 0.477 e. The first-order valence-corrected chi connectivity index (χ1v) is 11.1. The summed E-state index contributed by atoms with van der Waals surface area (Å²) in [6.07, 6.45) is 6.51. The Hall–Kier alpha value is -3.38. The highest BCUT2D eigenvalue weighted by Gasteiger charge is 2.30. The molecule has 2 fully saturated rings. The van der Waals surface area contributed by atoms with Crippen molar-refractivity contribution in [2.75, 3.05) is 14.2 Å². The van der Waals surface area contributed by atoms with Crippen molar-refractivity contribution in [3.8, 4) is 11.8 Å². The fraction of sp³-hybridized carbons (Fsp3) is 0.400. The summed E-state index contributed by atoms with van der Waals surface area (Å²) >= 11 is 11.9. The van der Waals surface area contributed by atoms with Crippen molar-refractivity contribution in [1.82, 2.24) is 39.0 Å². The molecule has 176 valence electrons. The number of hydrogen-bond acceptors (Lipinski definition) is 10. The van der Waals surface area contributed by atoms with Crippen LogP contribution in [0.15, 0.2) is 22.2 Å². The number of hydrogen-bond donors (Lipinski definition) is 0. The number of ether oxygens (including phenoxy) is 2. The second-order valence-corrected chi connectivity index (χ2v) is 8.44. The number of methoxy groups -OCH3 is 2. The first-order chi connectivity index (χ1) is 16.4. The van der Waals surface area contributed by atoms with Gasteiger partial charge in [0.2, 0.25) is 0 Å². The summed E-state index contributed by atoms with van der Waals surface area (Å²) in [4.78, 5) is 48.1. The van der Waals surface area contributed by atoms with E-state index in [9.17, 15) is 9.59 Å². The molecular formula is C20H18Cl2N8O4. The van der Waals surface area contributed by atoms with Crippen molar-refractivity contribution in [3.05, 3.63) is 43.7 Å². The molecule has 0 unspecified atom stereocenters. The van der Waals surface area contributed by atoms with Crippen LogP contribution in [0.5, 0.6) is 11.8 Å². The zero-order valence-electron chi connectivity index (χ0n) is 18.1. The molecule has 0 spiro atoms. The molecule has 0 aromatic carbocycles. The first kappa shape index (κ1) is 22.4. The van der Waals surface area contributed by atoms with Crippen LogP contribution in [-0.4, -0.2) is 53.3 Å². The van der Waals surface area contributed by atoms with Gasteiger partial charge in [-0.25, -0.2) is 29.9 Å². The zero-order chi connectivity index (χ0) is 24.0. The highest BCUT2D eigenvalue weighted by molar-refractivity contribution is 6.33. The normalized spacial score (nSPS) is 15.2. The monoisotopic (exact) mass is 504 g/mol. The van der Waals surface area contributed by atoms with Gasteiger partial charge in [0.1, 0.15) is 23.7 Å². The van der Waals surface area contributed by atoms with Crippen LogP contribution in [0.4, 0.5) is 0 Å². The fourth-order valence-electron chi connectivity index (χ4n) is 3.55. The second kappa shape index (κ2) is 8.76. The molecule has 34 heavy (non-hydrogen) atoms. The highest BCUT2D eigenvalue weighted by atomic mass is 35.5. The zero-order valence-corrected chi connectivity index (χ0v) is 19.6. The molecule has 2 saturated carbocycles. The van der Waals surface area contributed by atoms with E-state index in [4.69, 9.17) is 32.7 Å². The lowest BCUT2D eigenvalue weighted by molar-refractivity contribution is 0.387. The Morgan fingerprint density at radius 1 is 0.735 bits per heavy atom. The molecule has 0 atom stereocenters. The lowest BCUT2D eigenvalue weighted by Crippen LogP contribution is -2.23. The summed E-state index contributed by atoms with van der Waals surface area (Å²) in [6, 6.07) is 0.348. The summed E-state index contributed by atoms with van der Waals surface area (Å²) in [5.74, 6) is 0.0576.